The van der Waals surface area contributed by atoms with E-state index in [4.69, 9.17) is 4.74 Å². The van der Waals surface area contributed by atoms with E-state index in [9.17, 15) is 4.79 Å². The van der Waals surface area contributed by atoms with E-state index in [0.29, 0.717) is 11.5 Å². The van der Waals surface area contributed by atoms with Gasteiger partial charge in [0.15, 0.2) is 0 Å². The molecule has 33 heavy (non-hydrogen) atoms. The summed E-state index contributed by atoms with van der Waals surface area (Å²) in [6.07, 6.45) is 1.56. The molecule has 0 aliphatic carbocycles. The Bertz CT molecular complexity index is 1110. The van der Waals surface area contributed by atoms with Gasteiger partial charge in [-0.15, -0.1) is 0 Å². The zero-order valence-corrected chi connectivity index (χ0v) is 19.7. The van der Waals surface area contributed by atoms with Gasteiger partial charge in [0.2, 0.25) is 11.8 Å². The molecule has 2 aromatic carbocycles. The third-order valence-corrected chi connectivity index (χ3v) is 6.31. The lowest BCUT2D eigenvalue weighted by Gasteiger charge is -2.37. The number of piperazine rings is 1. The summed E-state index contributed by atoms with van der Waals surface area (Å²) in [7, 11) is 1.53. The number of nitrogens with zero attached hydrogens (tertiary/aromatic N) is 4. The number of nitrogens with one attached hydrogen (secondary N) is 1. The third kappa shape index (κ3) is 4.92. The van der Waals surface area contributed by atoms with Gasteiger partial charge < -0.3 is 19.9 Å². The van der Waals surface area contributed by atoms with Crippen LogP contribution < -0.4 is 19.9 Å². The molecule has 7 heteroatoms. The molecular formula is C26H31N5O2. The first kappa shape index (κ1) is 22.6. The molecule has 0 spiro atoms. The molecule has 1 atom stereocenters. The van der Waals surface area contributed by atoms with Crippen molar-refractivity contribution >= 4 is 17.5 Å². The number of ether oxygens (including phenoxy) is 1. The minimum Gasteiger partial charge on any atom is -0.480 e. The van der Waals surface area contributed by atoms with Crippen LogP contribution in [0, 0.1) is 13.8 Å². The van der Waals surface area contributed by atoms with Gasteiger partial charge in [0.1, 0.15) is 5.56 Å². The van der Waals surface area contributed by atoms with Gasteiger partial charge in [-0.2, -0.15) is 4.98 Å². The van der Waals surface area contributed by atoms with E-state index in [1.165, 1.54) is 23.9 Å². The lowest BCUT2D eigenvalue weighted by atomic mass is 10.1. The van der Waals surface area contributed by atoms with Crippen LogP contribution in [0.25, 0.3) is 0 Å². The molecular weight excluding hydrogens is 414 g/mol. The lowest BCUT2D eigenvalue weighted by Crippen LogP contribution is -2.47. The SMILES string of the molecule is COc1nc(N2CCN(c3cccc(C)c3C)CC2)ncc1C(=O)NC(C)c1ccccc1. The molecule has 172 valence electrons. The molecule has 0 radical (unpaired) electrons. The van der Waals surface area contributed by atoms with Crippen LogP contribution in [0.4, 0.5) is 11.6 Å². The zero-order valence-electron chi connectivity index (χ0n) is 19.7. The highest BCUT2D eigenvalue weighted by molar-refractivity contribution is 5.96. The van der Waals surface area contributed by atoms with Crippen molar-refractivity contribution in [2.24, 2.45) is 0 Å². The molecule has 1 saturated heterocycles. The molecule has 1 fully saturated rings. The van der Waals surface area contributed by atoms with Crippen LogP contribution in [-0.2, 0) is 0 Å². The number of methoxy groups -OCH3 is 1. The molecule has 1 N–H and O–H groups in total. The second kappa shape index (κ2) is 9.90. The first-order valence-electron chi connectivity index (χ1n) is 11.3. The molecule has 1 amide bonds. The molecule has 1 aromatic heterocycles. The van der Waals surface area contributed by atoms with Crippen LogP contribution in [0.5, 0.6) is 5.88 Å². The van der Waals surface area contributed by atoms with Crippen molar-refractivity contribution in [3.05, 3.63) is 77.0 Å². The highest BCUT2D eigenvalue weighted by Gasteiger charge is 2.23. The summed E-state index contributed by atoms with van der Waals surface area (Å²) in [5.74, 6) is 0.615. The van der Waals surface area contributed by atoms with Crippen LogP contribution in [0.2, 0.25) is 0 Å². The number of benzene rings is 2. The maximum atomic E-state index is 12.9. The van der Waals surface area contributed by atoms with E-state index in [0.717, 1.165) is 31.7 Å². The van der Waals surface area contributed by atoms with Crippen LogP contribution in [-0.4, -0.2) is 49.2 Å². The van der Waals surface area contributed by atoms with Crippen LogP contribution in [0.1, 0.15) is 40.0 Å². The van der Waals surface area contributed by atoms with E-state index < -0.39 is 0 Å². The highest BCUT2D eigenvalue weighted by atomic mass is 16.5. The molecule has 0 saturated carbocycles. The third-order valence-electron chi connectivity index (χ3n) is 6.31. The van der Waals surface area contributed by atoms with Crippen LogP contribution in [0.3, 0.4) is 0 Å². The Hall–Kier alpha value is -3.61. The van der Waals surface area contributed by atoms with E-state index >= 15 is 0 Å². The molecule has 7 nitrogen and oxygen atoms in total. The van der Waals surface area contributed by atoms with Gasteiger partial charge in [0.05, 0.1) is 13.2 Å². The summed E-state index contributed by atoms with van der Waals surface area (Å²) in [5.41, 5.74) is 5.28. The maximum absolute atomic E-state index is 12.9. The summed E-state index contributed by atoms with van der Waals surface area (Å²) >= 11 is 0. The molecule has 1 aliphatic heterocycles. The van der Waals surface area contributed by atoms with Crippen molar-refractivity contribution in [1.29, 1.82) is 0 Å². The Kier molecular flexibility index (Phi) is 6.77. The summed E-state index contributed by atoms with van der Waals surface area (Å²) < 4.78 is 5.46. The van der Waals surface area contributed by atoms with Crippen molar-refractivity contribution in [2.75, 3.05) is 43.1 Å². The average Bonchev–Trinajstić information content (AvgIpc) is 2.86. The molecule has 3 aromatic rings. The van der Waals surface area contributed by atoms with Crippen LogP contribution >= 0.6 is 0 Å². The van der Waals surface area contributed by atoms with Gasteiger partial charge in [-0.05, 0) is 43.5 Å². The molecule has 1 aliphatic rings. The van der Waals surface area contributed by atoms with Gasteiger partial charge in [0, 0.05) is 38.1 Å². The van der Waals surface area contributed by atoms with Gasteiger partial charge in [0.25, 0.3) is 5.91 Å². The minimum atomic E-state index is -0.255. The second-order valence-corrected chi connectivity index (χ2v) is 8.39. The Balaban J connectivity index is 1.44. The van der Waals surface area contributed by atoms with Crippen molar-refractivity contribution in [1.82, 2.24) is 15.3 Å². The predicted octanol–water partition coefficient (Wildman–Crippen LogP) is 3.92. The largest absolute Gasteiger partial charge is 0.480 e. The first-order chi connectivity index (χ1) is 16.0. The van der Waals surface area contributed by atoms with E-state index in [-0.39, 0.29) is 17.8 Å². The number of anilines is 2. The fourth-order valence-corrected chi connectivity index (χ4v) is 4.15. The van der Waals surface area contributed by atoms with Crippen molar-refractivity contribution in [3.63, 3.8) is 0 Å². The Morgan fingerprint density at radius 3 is 2.39 bits per heavy atom. The Labute approximate surface area is 195 Å². The Morgan fingerprint density at radius 2 is 1.70 bits per heavy atom. The normalized spacial score (nSPS) is 14.7. The summed E-state index contributed by atoms with van der Waals surface area (Å²) in [4.78, 5) is 26.5. The molecule has 2 heterocycles. The molecule has 0 bridgehead atoms. The summed E-state index contributed by atoms with van der Waals surface area (Å²) in [5, 5.41) is 3.00. The fraction of sp³-hybridized carbons (Fsp3) is 0.346. The Morgan fingerprint density at radius 1 is 1.00 bits per heavy atom. The average molecular weight is 446 g/mol. The minimum absolute atomic E-state index is 0.138. The number of aryl methyl sites for hydroxylation is 1. The van der Waals surface area contributed by atoms with E-state index in [1.54, 1.807) is 6.20 Å². The van der Waals surface area contributed by atoms with Crippen molar-refractivity contribution < 1.29 is 9.53 Å². The second-order valence-electron chi connectivity index (χ2n) is 8.39. The predicted molar refractivity (Wildman–Crippen MR) is 131 cm³/mol. The number of carbonyl (C=O) groups excluding carboxylic acids is 1. The standard InChI is InChI=1S/C26H31N5O2/c1-18-9-8-12-23(19(18)2)30-13-15-31(16-14-30)26-27-17-22(25(29-26)33-4)24(32)28-20(3)21-10-6-5-7-11-21/h5-12,17,20H,13-16H2,1-4H3,(H,28,32). The number of hydrogen-bond acceptors (Lipinski definition) is 6. The fourth-order valence-electron chi connectivity index (χ4n) is 4.15. The number of hydrogen-bond donors (Lipinski definition) is 1. The summed E-state index contributed by atoms with van der Waals surface area (Å²) in [6, 6.07) is 16.1. The van der Waals surface area contributed by atoms with Crippen molar-refractivity contribution in [2.45, 2.75) is 26.8 Å². The van der Waals surface area contributed by atoms with Gasteiger partial charge >= 0.3 is 0 Å². The van der Waals surface area contributed by atoms with Gasteiger partial charge in [-0.3, -0.25) is 4.79 Å². The summed E-state index contributed by atoms with van der Waals surface area (Å²) in [6.45, 7) is 9.63. The number of rotatable bonds is 6. The smallest absolute Gasteiger partial charge is 0.258 e. The van der Waals surface area contributed by atoms with E-state index in [1.807, 2.05) is 37.3 Å². The zero-order chi connectivity index (χ0) is 23.4. The quantitative estimate of drug-likeness (QED) is 0.620. The first-order valence-corrected chi connectivity index (χ1v) is 11.3. The topological polar surface area (TPSA) is 70.6 Å². The van der Waals surface area contributed by atoms with Gasteiger partial charge in [-0.1, -0.05) is 42.5 Å². The van der Waals surface area contributed by atoms with E-state index in [2.05, 4.69) is 57.1 Å². The number of amides is 1. The highest BCUT2D eigenvalue weighted by Crippen LogP contribution is 2.26. The number of aromatic nitrogens is 2. The van der Waals surface area contributed by atoms with Crippen LogP contribution in [0.15, 0.2) is 54.7 Å². The lowest BCUT2D eigenvalue weighted by molar-refractivity contribution is 0.0935. The molecule has 1 unspecified atom stereocenters. The van der Waals surface area contributed by atoms with Gasteiger partial charge in [-0.25, -0.2) is 4.98 Å². The molecule has 4 rings (SSSR count). The monoisotopic (exact) mass is 445 g/mol. The number of carbonyl (C=O) groups is 1. The van der Waals surface area contributed by atoms with Crippen molar-refractivity contribution in [3.8, 4) is 5.88 Å². The maximum Gasteiger partial charge on any atom is 0.258 e.